The number of aromatic nitrogens is 3. The number of hydrogen-bond donors (Lipinski definition) is 2. The van der Waals surface area contributed by atoms with Crippen molar-refractivity contribution in [3.05, 3.63) is 81.5 Å². The topological polar surface area (TPSA) is 79.8 Å². The number of aryl methyl sites for hydroxylation is 2. The van der Waals surface area contributed by atoms with E-state index in [0.29, 0.717) is 6.54 Å². The smallest absolute Gasteiger partial charge is 0.261 e. The van der Waals surface area contributed by atoms with Gasteiger partial charge in [-0.2, -0.15) is 5.10 Å². The Labute approximate surface area is 150 Å². The standard InChI is InChI=1S/C20H20N4O2/c25-19(17-12-15-4-1-2-5-18(15)23-20(17)26)21-13-14-6-8-16(9-7-14)24-11-3-10-22-24/h3,6-12H,1-2,4-5,13H2,(H,21,25)(H,23,26). The number of carbonyl (C=O) groups is 1. The highest BCUT2D eigenvalue weighted by Crippen LogP contribution is 2.18. The Balaban J connectivity index is 1.45. The molecule has 1 aromatic carbocycles. The molecule has 0 atom stereocenters. The molecule has 0 radical (unpaired) electrons. The zero-order valence-electron chi connectivity index (χ0n) is 14.4. The Bertz CT molecular complexity index is 972. The van der Waals surface area contributed by atoms with Crippen LogP contribution in [-0.4, -0.2) is 20.7 Å². The zero-order valence-corrected chi connectivity index (χ0v) is 14.4. The van der Waals surface area contributed by atoms with E-state index in [9.17, 15) is 9.59 Å². The summed E-state index contributed by atoms with van der Waals surface area (Å²) in [6.45, 7) is 0.370. The summed E-state index contributed by atoms with van der Waals surface area (Å²) in [4.78, 5) is 27.5. The van der Waals surface area contributed by atoms with Gasteiger partial charge >= 0.3 is 0 Å². The average Bonchev–Trinajstić information content (AvgIpc) is 3.21. The molecule has 0 saturated carbocycles. The number of nitrogens with one attached hydrogen (secondary N) is 2. The quantitative estimate of drug-likeness (QED) is 0.760. The van der Waals surface area contributed by atoms with Crippen molar-refractivity contribution in [3.8, 4) is 5.69 Å². The Morgan fingerprint density at radius 2 is 2.00 bits per heavy atom. The molecule has 1 aliphatic carbocycles. The molecule has 0 unspecified atom stereocenters. The predicted octanol–water partition coefficient (Wildman–Crippen LogP) is 2.37. The second-order valence-corrected chi connectivity index (χ2v) is 6.52. The lowest BCUT2D eigenvalue weighted by Gasteiger charge is -2.16. The first-order valence-electron chi connectivity index (χ1n) is 8.83. The van der Waals surface area contributed by atoms with Crippen molar-refractivity contribution in [2.24, 2.45) is 0 Å². The van der Waals surface area contributed by atoms with Crippen molar-refractivity contribution >= 4 is 5.91 Å². The molecule has 3 aromatic rings. The molecule has 0 spiro atoms. The van der Waals surface area contributed by atoms with E-state index in [-0.39, 0.29) is 17.0 Å². The van der Waals surface area contributed by atoms with Gasteiger partial charge in [-0.3, -0.25) is 9.59 Å². The van der Waals surface area contributed by atoms with E-state index in [1.165, 1.54) is 0 Å². The van der Waals surface area contributed by atoms with Gasteiger partial charge in [0.2, 0.25) is 0 Å². The molecule has 4 rings (SSSR count). The van der Waals surface area contributed by atoms with Gasteiger partial charge < -0.3 is 10.3 Å². The number of H-pyrrole nitrogens is 1. The minimum atomic E-state index is -0.337. The molecule has 0 fully saturated rings. The first-order chi connectivity index (χ1) is 12.7. The molecule has 0 bridgehead atoms. The number of hydrogen-bond acceptors (Lipinski definition) is 3. The third-order valence-corrected chi connectivity index (χ3v) is 4.74. The maximum absolute atomic E-state index is 12.4. The second kappa shape index (κ2) is 7.00. The van der Waals surface area contributed by atoms with E-state index in [2.05, 4.69) is 15.4 Å². The lowest BCUT2D eigenvalue weighted by molar-refractivity contribution is 0.0949. The van der Waals surface area contributed by atoms with Gasteiger partial charge in [0.15, 0.2) is 0 Å². The van der Waals surface area contributed by atoms with Crippen molar-refractivity contribution in [2.75, 3.05) is 0 Å². The van der Waals surface area contributed by atoms with Crippen LogP contribution in [0.4, 0.5) is 0 Å². The highest BCUT2D eigenvalue weighted by molar-refractivity contribution is 5.94. The van der Waals surface area contributed by atoms with Crippen molar-refractivity contribution in [1.29, 1.82) is 0 Å². The maximum atomic E-state index is 12.4. The fraction of sp³-hybridized carbons (Fsp3) is 0.250. The predicted molar refractivity (Wildman–Crippen MR) is 98.4 cm³/mol. The van der Waals surface area contributed by atoms with Crippen molar-refractivity contribution in [2.45, 2.75) is 32.2 Å². The summed E-state index contributed by atoms with van der Waals surface area (Å²) in [5, 5.41) is 7.02. The molecule has 2 heterocycles. The zero-order chi connectivity index (χ0) is 17.9. The number of rotatable bonds is 4. The third kappa shape index (κ3) is 3.31. The van der Waals surface area contributed by atoms with Crippen LogP contribution in [0.25, 0.3) is 5.69 Å². The lowest BCUT2D eigenvalue weighted by Crippen LogP contribution is -2.30. The molecule has 0 saturated heterocycles. The maximum Gasteiger partial charge on any atom is 0.261 e. The Kier molecular flexibility index (Phi) is 4.39. The van der Waals surface area contributed by atoms with Gasteiger partial charge in [0, 0.05) is 24.6 Å². The summed E-state index contributed by atoms with van der Waals surface area (Å²) >= 11 is 0. The minimum absolute atomic E-state index is 0.193. The number of pyridine rings is 1. The highest BCUT2D eigenvalue weighted by Gasteiger charge is 2.16. The molecular formula is C20H20N4O2. The summed E-state index contributed by atoms with van der Waals surface area (Å²) in [7, 11) is 0. The van der Waals surface area contributed by atoms with Gasteiger partial charge in [-0.25, -0.2) is 4.68 Å². The van der Waals surface area contributed by atoms with Crippen LogP contribution >= 0.6 is 0 Å². The second-order valence-electron chi connectivity index (χ2n) is 6.52. The fourth-order valence-electron chi connectivity index (χ4n) is 3.31. The minimum Gasteiger partial charge on any atom is -0.348 e. The molecule has 0 aliphatic heterocycles. The molecule has 2 aromatic heterocycles. The molecule has 6 nitrogen and oxygen atoms in total. The molecule has 132 valence electrons. The first kappa shape index (κ1) is 16.3. The Hall–Kier alpha value is -3.15. The summed E-state index contributed by atoms with van der Waals surface area (Å²) in [6, 6.07) is 11.4. The van der Waals surface area contributed by atoms with E-state index in [4.69, 9.17) is 0 Å². The molecule has 1 aliphatic rings. The van der Waals surface area contributed by atoms with Gasteiger partial charge in [-0.1, -0.05) is 12.1 Å². The van der Waals surface area contributed by atoms with Crippen LogP contribution in [0.5, 0.6) is 0 Å². The lowest BCUT2D eigenvalue weighted by atomic mass is 9.95. The van der Waals surface area contributed by atoms with Gasteiger partial charge in [-0.15, -0.1) is 0 Å². The van der Waals surface area contributed by atoms with Crippen LogP contribution in [-0.2, 0) is 19.4 Å². The number of nitrogens with zero attached hydrogens (tertiary/aromatic N) is 2. The number of aromatic amines is 1. The van der Waals surface area contributed by atoms with E-state index >= 15 is 0 Å². The molecular weight excluding hydrogens is 328 g/mol. The number of amides is 1. The van der Waals surface area contributed by atoms with Gasteiger partial charge in [0.05, 0.1) is 5.69 Å². The average molecular weight is 348 g/mol. The summed E-state index contributed by atoms with van der Waals surface area (Å²) in [5.41, 5.74) is 3.87. The summed E-state index contributed by atoms with van der Waals surface area (Å²) in [5.74, 6) is -0.337. The van der Waals surface area contributed by atoms with E-state index in [1.807, 2.05) is 36.5 Å². The first-order valence-corrected chi connectivity index (χ1v) is 8.83. The SMILES string of the molecule is O=C(NCc1ccc(-n2cccn2)cc1)c1cc2c([nH]c1=O)CCCC2. The summed E-state index contributed by atoms with van der Waals surface area (Å²) < 4.78 is 1.77. The van der Waals surface area contributed by atoms with Crippen LogP contribution in [0.15, 0.2) is 53.6 Å². The normalized spacial score (nSPS) is 13.2. The number of benzene rings is 1. The molecule has 6 heteroatoms. The molecule has 1 amide bonds. The monoisotopic (exact) mass is 348 g/mol. The van der Waals surface area contributed by atoms with Gasteiger partial charge in [0.25, 0.3) is 11.5 Å². The Morgan fingerprint density at radius 1 is 1.19 bits per heavy atom. The van der Waals surface area contributed by atoms with E-state index in [1.54, 1.807) is 16.9 Å². The third-order valence-electron chi connectivity index (χ3n) is 4.74. The van der Waals surface area contributed by atoms with E-state index < -0.39 is 0 Å². The van der Waals surface area contributed by atoms with Crippen LogP contribution in [0.1, 0.15) is 40.0 Å². The van der Waals surface area contributed by atoms with Crippen LogP contribution < -0.4 is 10.9 Å². The summed E-state index contributed by atoms with van der Waals surface area (Å²) in [6.07, 6.45) is 7.59. The number of carbonyl (C=O) groups excluding carboxylic acids is 1. The Morgan fingerprint density at radius 3 is 2.77 bits per heavy atom. The van der Waals surface area contributed by atoms with Crippen molar-refractivity contribution < 1.29 is 4.79 Å². The molecule has 26 heavy (non-hydrogen) atoms. The van der Waals surface area contributed by atoms with Crippen molar-refractivity contribution in [1.82, 2.24) is 20.1 Å². The van der Waals surface area contributed by atoms with Gasteiger partial charge in [-0.05, 0) is 61.1 Å². The van der Waals surface area contributed by atoms with Crippen LogP contribution in [0.3, 0.4) is 0 Å². The van der Waals surface area contributed by atoms with Crippen LogP contribution in [0.2, 0.25) is 0 Å². The number of fused-ring (bicyclic) bond motifs is 1. The largest absolute Gasteiger partial charge is 0.348 e. The highest BCUT2D eigenvalue weighted by atomic mass is 16.2. The van der Waals surface area contributed by atoms with Crippen LogP contribution in [0, 0.1) is 0 Å². The molecule has 2 N–H and O–H groups in total. The van der Waals surface area contributed by atoms with E-state index in [0.717, 1.165) is 48.2 Å². The van der Waals surface area contributed by atoms with Gasteiger partial charge in [0.1, 0.15) is 5.56 Å². The fourth-order valence-corrected chi connectivity index (χ4v) is 3.31. The van der Waals surface area contributed by atoms with Crippen molar-refractivity contribution in [3.63, 3.8) is 0 Å².